The SMILES string of the molecule is CN1CCc2ccccc2C1C(=O)O.Cl. The van der Waals surface area contributed by atoms with Gasteiger partial charge in [-0.25, -0.2) is 0 Å². The van der Waals surface area contributed by atoms with Crippen LogP contribution in [0.2, 0.25) is 0 Å². The Morgan fingerprint density at radius 1 is 1.47 bits per heavy atom. The largest absolute Gasteiger partial charge is 0.480 e. The monoisotopic (exact) mass is 227 g/mol. The highest BCUT2D eigenvalue weighted by Gasteiger charge is 2.29. The number of carboxylic acids is 1. The molecule has 1 unspecified atom stereocenters. The van der Waals surface area contributed by atoms with Crippen LogP contribution in [0.1, 0.15) is 17.2 Å². The highest BCUT2D eigenvalue weighted by Crippen LogP contribution is 2.28. The normalized spacial score (nSPS) is 20.2. The maximum Gasteiger partial charge on any atom is 0.325 e. The van der Waals surface area contributed by atoms with Gasteiger partial charge in [0.05, 0.1) is 0 Å². The molecule has 1 aliphatic heterocycles. The molecule has 15 heavy (non-hydrogen) atoms. The first-order valence-electron chi connectivity index (χ1n) is 4.71. The summed E-state index contributed by atoms with van der Waals surface area (Å²) in [7, 11) is 1.86. The Hall–Kier alpha value is -1.06. The average Bonchev–Trinajstić information content (AvgIpc) is 2.17. The van der Waals surface area contributed by atoms with Gasteiger partial charge in [-0.3, -0.25) is 9.69 Å². The van der Waals surface area contributed by atoms with Crippen molar-refractivity contribution in [3.05, 3.63) is 35.4 Å². The zero-order valence-corrected chi connectivity index (χ0v) is 9.33. The van der Waals surface area contributed by atoms with E-state index in [-0.39, 0.29) is 12.4 Å². The van der Waals surface area contributed by atoms with Crippen LogP contribution in [-0.2, 0) is 11.2 Å². The third-order valence-electron chi connectivity index (χ3n) is 2.76. The molecular formula is C11H14ClNO2. The topological polar surface area (TPSA) is 40.5 Å². The summed E-state index contributed by atoms with van der Waals surface area (Å²) in [6.45, 7) is 0.813. The van der Waals surface area contributed by atoms with Crippen LogP contribution in [0.3, 0.4) is 0 Å². The van der Waals surface area contributed by atoms with Crippen LogP contribution in [0.15, 0.2) is 24.3 Å². The number of benzene rings is 1. The molecular weight excluding hydrogens is 214 g/mol. The second-order valence-corrected chi connectivity index (χ2v) is 3.67. The third-order valence-corrected chi connectivity index (χ3v) is 2.76. The van der Waals surface area contributed by atoms with Gasteiger partial charge in [0.2, 0.25) is 0 Å². The van der Waals surface area contributed by atoms with E-state index < -0.39 is 12.0 Å². The number of hydrogen-bond donors (Lipinski definition) is 1. The molecule has 0 bridgehead atoms. The first-order chi connectivity index (χ1) is 6.70. The van der Waals surface area contributed by atoms with Crippen molar-refractivity contribution in [2.45, 2.75) is 12.5 Å². The number of carboxylic acid groups (broad SMARTS) is 1. The summed E-state index contributed by atoms with van der Waals surface area (Å²) in [5.41, 5.74) is 2.10. The fourth-order valence-electron chi connectivity index (χ4n) is 2.01. The van der Waals surface area contributed by atoms with Gasteiger partial charge in [0.25, 0.3) is 0 Å². The summed E-state index contributed by atoms with van der Waals surface area (Å²) in [6, 6.07) is 7.30. The highest BCUT2D eigenvalue weighted by molar-refractivity contribution is 5.85. The Balaban J connectivity index is 0.00000112. The summed E-state index contributed by atoms with van der Waals surface area (Å²) in [5.74, 6) is -0.764. The molecule has 2 rings (SSSR count). The van der Waals surface area contributed by atoms with Gasteiger partial charge in [-0.2, -0.15) is 0 Å². The van der Waals surface area contributed by atoms with Gasteiger partial charge >= 0.3 is 5.97 Å². The fourth-order valence-corrected chi connectivity index (χ4v) is 2.01. The van der Waals surface area contributed by atoms with Crippen molar-refractivity contribution in [3.8, 4) is 0 Å². The van der Waals surface area contributed by atoms with E-state index in [9.17, 15) is 4.79 Å². The number of aliphatic carboxylic acids is 1. The smallest absolute Gasteiger partial charge is 0.325 e. The van der Waals surface area contributed by atoms with Gasteiger partial charge in [0.15, 0.2) is 0 Å². The number of halogens is 1. The van der Waals surface area contributed by atoms with Crippen molar-refractivity contribution in [2.24, 2.45) is 0 Å². The van der Waals surface area contributed by atoms with E-state index in [4.69, 9.17) is 5.11 Å². The molecule has 0 fully saturated rings. The van der Waals surface area contributed by atoms with Crippen molar-refractivity contribution in [2.75, 3.05) is 13.6 Å². The molecule has 1 aromatic carbocycles. The van der Waals surface area contributed by atoms with Crippen molar-refractivity contribution >= 4 is 18.4 Å². The molecule has 1 atom stereocenters. The van der Waals surface area contributed by atoms with E-state index in [1.54, 1.807) is 0 Å². The lowest BCUT2D eigenvalue weighted by atomic mass is 9.93. The second-order valence-electron chi connectivity index (χ2n) is 3.67. The average molecular weight is 228 g/mol. The number of likely N-dealkylation sites (N-methyl/N-ethyl adjacent to an activating group) is 1. The maximum atomic E-state index is 11.1. The zero-order chi connectivity index (χ0) is 10.1. The number of carbonyl (C=O) groups is 1. The molecule has 0 amide bonds. The van der Waals surface area contributed by atoms with Crippen molar-refractivity contribution in [3.63, 3.8) is 0 Å². The molecule has 1 aliphatic rings. The minimum atomic E-state index is -0.764. The Morgan fingerprint density at radius 3 is 2.80 bits per heavy atom. The lowest BCUT2D eigenvalue weighted by Gasteiger charge is -2.31. The van der Waals surface area contributed by atoms with Gasteiger partial charge in [0.1, 0.15) is 6.04 Å². The molecule has 0 aliphatic carbocycles. The standard InChI is InChI=1S/C11H13NO2.ClH/c1-12-7-6-8-4-2-3-5-9(8)10(12)11(13)14;/h2-5,10H,6-7H2,1H3,(H,13,14);1H. The van der Waals surface area contributed by atoms with Crippen molar-refractivity contribution in [1.82, 2.24) is 4.90 Å². The summed E-state index contributed by atoms with van der Waals surface area (Å²) in [4.78, 5) is 13.0. The zero-order valence-electron chi connectivity index (χ0n) is 8.51. The van der Waals surface area contributed by atoms with E-state index in [1.165, 1.54) is 0 Å². The fraction of sp³-hybridized carbons (Fsp3) is 0.364. The van der Waals surface area contributed by atoms with E-state index in [0.717, 1.165) is 24.1 Å². The lowest BCUT2D eigenvalue weighted by Crippen LogP contribution is -2.36. The minimum absolute atomic E-state index is 0. The van der Waals surface area contributed by atoms with E-state index in [1.807, 2.05) is 36.2 Å². The van der Waals surface area contributed by atoms with E-state index in [0.29, 0.717) is 0 Å². The number of hydrogen-bond acceptors (Lipinski definition) is 2. The van der Waals surface area contributed by atoms with Gasteiger partial charge in [0, 0.05) is 6.54 Å². The second kappa shape index (κ2) is 4.64. The van der Waals surface area contributed by atoms with Crippen LogP contribution in [0, 0.1) is 0 Å². The van der Waals surface area contributed by atoms with Gasteiger partial charge in [-0.05, 0) is 24.6 Å². The molecule has 82 valence electrons. The molecule has 1 aromatic rings. The highest BCUT2D eigenvalue weighted by atomic mass is 35.5. The van der Waals surface area contributed by atoms with Crippen LogP contribution in [-0.4, -0.2) is 29.6 Å². The quantitative estimate of drug-likeness (QED) is 0.794. The van der Waals surface area contributed by atoms with Gasteiger partial charge in [-0.1, -0.05) is 24.3 Å². The van der Waals surface area contributed by atoms with Crippen LogP contribution in [0.25, 0.3) is 0 Å². The Morgan fingerprint density at radius 2 is 2.13 bits per heavy atom. The van der Waals surface area contributed by atoms with Crippen molar-refractivity contribution in [1.29, 1.82) is 0 Å². The first-order valence-corrected chi connectivity index (χ1v) is 4.71. The van der Waals surface area contributed by atoms with Crippen molar-refractivity contribution < 1.29 is 9.90 Å². The number of nitrogens with zero attached hydrogens (tertiary/aromatic N) is 1. The molecule has 0 saturated carbocycles. The molecule has 1 heterocycles. The molecule has 3 nitrogen and oxygen atoms in total. The summed E-state index contributed by atoms with van der Waals surface area (Å²) >= 11 is 0. The molecule has 0 saturated heterocycles. The lowest BCUT2D eigenvalue weighted by molar-refractivity contribution is -0.143. The summed E-state index contributed by atoms with van der Waals surface area (Å²) < 4.78 is 0. The number of rotatable bonds is 1. The predicted octanol–water partition coefficient (Wildman–Crippen LogP) is 1.72. The van der Waals surface area contributed by atoms with Crippen LogP contribution in [0.5, 0.6) is 0 Å². The minimum Gasteiger partial charge on any atom is -0.480 e. The molecule has 4 heteroatoms. The van der Waals surface area contributed by atoms with Crippen LogP contribution < -0.4 is 0 Å². The van der Waals surface area contributed by atoms with E-state index in [2.05, 4.69) is 0 Å². The number of fused-ring (bicyclic) bond motifs is 1. The molecule has 0 radical (unpaired) electrons. The van der Waals surface area contributed by atoms with Gasteiger partial charge in [-0.15, -0.1) is 12.4 Å². The van der Waals surface area contributed by atoms with E-state index >= 15 is 0 Å². The predicted molar refractivity (Wildman–Crippen MR) is 60.4 cm³/mol. The summed E-state index contributed by atoms with van der Waals surface area (Å²) in [5, 5.41) is 9.11. The van der Waals surface area contributed by atoms with Crippen LogP contribution >= 0.6 is 12.4 Å². The Labute approximate surface area is 95.1 Å². The Bertz CT molecular complexity index is 367. The molecule has 1 N–H and O–H groups in total. The Kier molecular flexibility index (Phi) is 3.72. The summed E-state index contributed by atoms with van der Waals surface area (Å²) in [6.07, 6.45) is 0.941. The van der Waals surface area contributed by atoms with Gasteiger partial charge < -0.3 is 5.11 Å². The maximum absolute atomic E-state index is 11.1. The van der Waals surface area contributed by atoms with Crippen LogP contribution in [0.4, 0.5) is 0 Å². The first kappa shape index (κ1) is 12.0. The molecule has 0 aromatic heterocycles. The molecule has 0 spiro atoms. The third kappa shape index (κ3) is 2.13.